The highest BCUT2D eigenvalue weighted by Crippen LogP contribution is 2.37. The average Bonchev–Trinajstić information content (AvgIpc) is 2.46. The van der Waals surface area contributed by atoms with E-state index in [2.05, 4.69) is 29.2 Å². The molecule has 0 aliphatic carbocycles. The van der Waals surface area contributed by atoms with Crippen LogP contribution in [0, 0.1) is 0 Å². The van der Waals surface area contributed by atoms with E-state index in [-0.39, 0.29) is 6.61 Å². The van der Waals surface area contributed by atoms with Gasteiger partial charge in [-0.2, -0.15) is 0 Å². The zero-order valence-corrected chi connectivity index (χ0v) is 11.4. The van der Waals surface area contributed by atoms with Crippen molar-refractivity contribution in [3.05, 3.63) is 58.6 Å². The maximum absolute atomic E-state index is 9.15. The zero-order valence-electron chi connectivity index (χ0n) is 10.6. The fraction of sp³-hybridized carbons (Fsp3) is 0.250. The molecular weight excluding hydrogens is 258 g/mol. The summed E-state index contributed by atoms with van der Waals surface area (Å²) in [4.78, 5) is 2.27. The number of halogens is 1. The molecular formula is C16H16ClNO. The first-order valence-corrected chi connectivity index (χ1v) is 6.92. The van der Waals surface area contributed by atoms with Gasteiger partial charge in [-0.1, -0.05) is 35.9 Å². The number of fused-ring (bicyclic) bond motifs is 1. The van der Waals surface area contributed by atoms with Crippen LogP contribution < -0.4 is 4.90 Å². The highest BCUT2D eigenvalue weighted by Gasteiger charge is 2.19. The first-order chi connectivity index (χ1) is 9.29. The summed E-state index contributed by atoms with van der Waals surface area (Å²) in [6.07, 6.45) is 2.26. The number of anilines is 2. The van der Waals surface area contributed by atoms with Crippen molar-refractivity contribution >= 4 is 23.0 Å². The summed E-state index contributed by atoms with van der Waals surface area (Å²) in [5.74, 6) is 0. The van der Waals surface area contributed by atoms with E-state index in [0.717, 1.165) is 30.6 Å². The van der Waals surface area contributed by atoms with Gasteiger partial charge in [0.2, 0.25) is 0 Å². The third-order valence-corrected chi connectivity index (χ3v) is 3.90. The van der Waals surface area contributed by atoms with Gasteiger partial charge in [0.25, 0.3) is 0 Å². The summed E-state index contributed by atoms with van der Waals surface area (Å²) in [5.41, 5.74) is 4.48. The standard InChI is InChI=1S/C16H16ClNO/c17-14-10-12(11-19)7-8-16(14)18-9-3-5-13-4-1-2-6-15(13)18/h1-2,4,6-8,10,19H,3,5,9,11H2. The minimum Gasteiger partial charge on any atom is -0.392 e. The van der Waals surface area contributed by atoms with Crippen LogP contribution in [0.1, 0.15) is 17.5 Å². The van der Waals surface area contributed by atoms with Crippen molar-refractivity contribution in [3.63, 3.8) is 0 Å². The van der Waals surface area contributed by atoms with Crippen molar-refractivity contribution in [2.45, 2.75) is 19.4 Å². The van der Waals surface area contributed by atoms with E-state index in [4.69, 9.17) is 16.7 Å². The number of hydrogen-bond donors (Lipinski definition) is 1. The largest absolute Gasteiger partial charge is 0.392 e. The lowest BCUT2D eigenvalue weighted by Crippen LogP contribution is -2.24. The lowest BCUT2D eigenvalue weighted by molar-refractivity contribution is 0.282. The molecule has 0 atom stereocenters. The van der Waals surface area contributed by atoms with Gasteiger partial charge in [0.05, 0.1) is 17.3 Å². The Morgan fingerprint density at radius 1 is 1.11 bits per heavy atom. The first kappa shape index (κ1) is 12.5. The van der Waals surface area contributed by atoms with Crippen LogP contribution in [0.2, 0.25) is 5.02 Å². The first-order valence-electron chi connectivity index (χ1n) is 6.54. The molecule has 1 N–H and O–H groups in total. The van der Waals surface area contributed by atoms with Gasteiger partial charge in [-0.25, -0.2) is 0 Å². The lowest BCUT2D eigenvalue weighted by Gasteiger charge is -2.32. The van der Waals surface area contributed by atoms with Crippen LogP contribution in [0.3, 0.4) is 0 Å². The fourth-order valence-electron chi connectivity index (χ4n) is 2.65. The predicted molar refractivity (Wildman–Crippen MR) is 79.1 cm³/mol. The summed E-state index contributed by atoms with van der Waals surface area (Å²) < 4.78 is 0. The summed E-state index contributed by atoms with van der Waals surface area (Å²) in [5, 5.41) is 9.85. The Kier molecular flexibility index (Phi) is 3.45. The highest BCUT2D eigenvalue weighted by molar-refractivity contribution is 6.33. The monoisotopic (exact) mass is 273 g/mol. The summed E-state index contributed by atoms with van der Waals surface area (Å²) in [6.45, 7) is 1.01. The van der Waals surface area contributed by atoms with Gasteiger partial charge in [0.1, 0.15) is 0 Å². The van der Waals surface area contributed by atoms with Gasteiger partial charge in [-0.15, -0.1) is 0 Å². The van der Waals surface area contributed by atoms with Crippen LogP contribution in [-0.2, 0) is 13.0 Å². The van der Waals surface area contributed by atoms with Gasteiger partial charge in [0.15, 0.2) is 0 Å². The number of hydrogen-bond acceptors (Lipinski definition) is 2. The third kappa shape index (κ3) is 2.34. The van der Waals surface area contributed by atoms with Crippen LogP contribution in [0.5, 0.6) is 0 Å². The Morgan fingerprint density at radius 3 is 2.74 bits per heavy atom. The fourth-order valence-corrected chi connectivity index (χ4v) is 2.96. The van der Waals surface area contributed by atoms with Gasteiger partial charge < -0.3 is 10.0 Å². The SMILES string of the molecule is OCc1ccc(N2CCCc3ccccc32)c(Cl)c1. The van der Waals surface area contributed by atoms with E-state index >= 15 is 0 Å². The number of aliphatic hydroxyl groups excluding tert-OH is 1. The molecule has 3 rings (SSSR count). The van der Waals surface area contributed by atoms with E-state index in [1.807, 2.05) is 18.2 Å². The molecule has 1 heterocycles. The molecule has 0 unspecified atom stereocenters. The molecule has 2 aromatic rings. The zero-order chi connectivity index (χ0) is 13.2. The maximum atomic E-state index is 9.15. The highest BCUT2D eigenvalue weighted by atomic mass is 35.5. The summed E-state index contributed by atoms with van der Waals surface area (Å²) >= 11 is 6.36. The Labute approximate surface area is 118 Å². The second-order valence-electron chi connectivity index (χ2n) is 4.83. The van der Waals surface area contributed by atoms with E-state index < -0.39 is 0 Å². The predicted octanol–water partition coefficient (Wildman–Crippen LogP) is 3.92. The van der Waals surface area contributed by atoms with Crippen molar-refractivity contribution in [1.29, 1.82) is 0 Å². The minimum absolute atomic E-state index is 0.0244. The van der Waals surface area contributed by atoms with Crippen molar-refractivity contribution in [3.8, 4) is 0 Å². The number of rotatable bonds is 2. The molecule has 0 spiro atoms. The van der Waals surface area contributed by atoms with Gasteiger partial charge >= 0.3 is 0 Å². The molecule has 2 aromatic carbocycles. The molecule has 0 saturated carbocycles. The number of para-hydroxylation sites is 1. The number of nitrogens with zero attached hydrogens (tertiary/aromatic N) is 1. The van der Waals surface area contributed by atoms with E-state index in [1.54, 1.807) is 0 Å². The number of benzene rings is 2. The molecule has 3 heteroatoms. The second kappa shape index (κ2) is 5.24. The molecule has 0 saturated heterocycles. The second-order valence-corrected chi connectivity index (χ2v) is 5.23. The summed E-state index contributed by atoms with van der Waals surface area (Å²) in [6, 6.07) is 14.2. The van der Waals surface area contributed by atoms with Crippen LogP contribution in [0.15, 0.2) is 42.5 Å². The maximum Gasteiger partial charge on any atom is 0.0682 e. The molecule has 1 aliphatic rings. The van der Waals surface area contributed by atoms with E-state index in [1.165, 1.54) is 11.3 Å². The molecule has 1 aliphatic heterocycles. The van der Waals surface area contributed by atoms with Crippen molar-refractivity contribution in [2.75, 3.05) is 11.4 Å². The van der Waals surface area contributed by atoms with Crippen molar-refractivity contribution in [2.24, 2.45) is 0 Å². The molecule has 0 bridgehead atoms. The van der Waals surface area contributed by atoms with Crippen molar-refractivity contribution < 1.29 is 5.11 Å². The molecule has 0 fully saturated rings. The smallest absolute Gasteiger partial charge is 0.0682 e. The molecule has 19 heavy (non-hydrogen) atoms. The van der Waals surface area contributed by atoms with Gasteiger partial charge in [0, 0.05) is 12.2 Å². The number of aliphatic hydroxyl groups is 1. The van der Waals surface area contributed by atoms with E-state index in [9.17, 15) is 0 Å². The van der Waals surface area contributed by atoms with Crippen LogP contribution in [0.4, 0.5) is 11.4 Å². The van der Waals surface area contributed by atoms with Crippen LogP contribution in [0.25, 0.3) is 0 Å². The average molecular weight is 274 g/mol. The normalized spacial score (nSPS) is 14.3. The quantitative estimate of drug-likeness (QED) is 0.897. The lowest BCUT2D eigenvalue weighted by atomic mass is 10.0. The Balaban J connectivity index is 2.04. The number of aryl methyl sites for hydroxylation is 1. The minimum atomic E-state index is 0.0244. The van der Waals surface area contributed by atoms with Crippen LogP contribution >= 0.6 is 11.6 Å². The molecule has 0 aromatic heterocycles. The Bertz CT molecular complexity index is 597. The Hall–Kier alpha value is -1.51. The topological polar surface area (TPSA) is 23.5 Å². The Morgan fingerprint density at radius 2 is 1.95 bits per heavy atom. The molecule has 98 valence electrons. The van der Waals surface area contributed by atoms with Crippen molar-refractivity contribution in [1.82, 2.24) is 0 Å². The third-order valence-electron chi connectivity index (χ3n) is 3.60. The van der Waals surface area contributed by atoms with Gasteiger partial charge in [-0.05, 0) is 42.2 Å². The molecule has 0 amide bonds. The van der Waals surface area contributed by atoms with Crippen LogP contribution in [-0.4, -0.2) is 11.7 Å². The van der Waals surface area contributed by atoms with E-state index in [0.29, 0.717) is 5.02 Å². The van der Waals surface area contributed by atoms with Gasteiger partial charge in [-0.3, -0.25) is 0 Å². The molecule has 2 nitrogen and oxygen atoms in total. The molecule has 0 radical (unpaired) electrons. The summed E-state index contributed by atoms with van der Waals surface area (Å²) in [7, 11) is 0.